The third-order valence-electron chi connectivity index (χ3n) is 9.26. The number of carbonyl (C=O) groups is 2. The van der Waals surface area contributed by atoms with E-state index in [-0.39, 0.29) is 22.8 Å². The van der Waals surface area contributed by atoms with Crippen LogP contribution >= 0.6 is 11.3 Å². The van der Waals surface area contributed by atoms with E-state index in [1.54, 1.807) is 18.2 Å². The van der Waals surface area contributed by atoms with Gasteiger partial charge in [-0.25, -0.2) is 13.6 Å². The lowest BCUT2D eigenvalue weighted by atomic mass is 9.95. The van der Waals surface area contributed by atoms with Crippen LogP contribution in [0.1, 0.15) is 72.8 Å². The number of rotatable bonds is 15. The SMILES string of the molecule is CCCCC(CC)Cn1c2ccc(C(=NOC(C)=O)c3ccccc3OCC(F)(F)C(F)F)cc2c2cc(C(=O)c3cccs3)c3ccccc3c21. The number of hydrogen-bond acceptors (Lipinski definition) is 6. The van der Waals surface area contributed by atoms with Crippen LogP contribution in [0.25, 0.3) is 32.6 Å². The predicted molar refractivity (Wildman–Crippen MR) is 198 cm³/mol. The van der Waals surface area contributed by atoms with Crippen molar-refractivity contribution in [2.24, 2.45) is 11.1 Å². The van der Waals surface area contributed by atoms with Crippen molar-refractivity contribution in [3.8, 4) is 5.75 Å². The molecule has 0 aliphatic carbocycles. The van der Waals surface area contributed by atoms with Crippen LogP contribution in [-0.2, 0) is 16.2 Å². The maximum Gasteiger partial charge on any atom is 0.340 e. The van der Waals surface area contributed by atoms with E-state index in [9.17, 15) is 27.2 Å². The Bertz CT molecular complexity index is 2260. The molecule has 6 aromatic rings. The van der Waals surface area contributed by atoms with Gasteiger partial charge in [0, 0.05) is 51.8 Å². The molecule has 0 aliphatic heterocycles. The number of thiophene rings is 1. The zero-order valence-electron chi connectivity index (χ0n) is 29.0. The van der Waals surface area contributed by atoms with Crippen LogP contribution in [0.5, 0.6) is 5.75 Å². The molecule has 6 nitrogen and oxygen atoms in total. The van der Waals surface area contributed by atoms with Crippen LogP contribution in [0, 0.1) is 5.92 Å². The fourth-order valence-electron chi connectivity index (χ4n) is 6.60. The van der Waals surface area contributed by atoms with Gasteiger partial charge in [0.05, 0.1) is 10.4 Å². The molecule has 270 valence electrons. The lowest BCUT2D eigenvalue weighted by molar-refractivity contribution is -0.148. The van der Waals surface area contributed by atoms with Gasteiger partial charge < -0.3 is 14.1 Å². The van der Waals surface area contributed by atoms with Gasteiger partial charge in [0.1, 0.15) is 11.5 Å². The van der Waals surface area contributed by atoms with E-state index >= 15 is 0 Å². The smallest absolute Gasteiger partial charge is 0.340 e. The summed E-state index contributed by atoms with van der Waals surface area (Å²) in [5.74, 6) is -4.97. The van der Waals surface area contributed by atoms with Crippen LogP contribution in [0.15, 0.2) is 95.5 Å². The third-order valence-corrected chi connectivity index (χ3v) is 10.1. The van der Waals surface area contributed by atoms with Gasteiger partial charge in [-0.15, -0.1) is 11.3 Å². The molecule has 11 heteroatoms. The molecule has 0 spiro atoms. The number of halogens is 4. The molecule has 1 unspecified atom stereocenters. The summed E-state index contributed by atoms with van der Waals surface area (Å²) in [6.45, 7) is 4.71. The fourth-order valence-corrected chi connectivity index (χ4v) is 7.27. The molecule has 0 bridgehead atoms. The first-order chi connectivity index (χ1) is 25.0. The molecule has 2 heterocycles. The molecule has 4 aromatic carbocycles. The first-order valence-electron chi connectivity index (χ1n) is 17.2. The van der Waals surface area contributed by atoms with Crippen molar-refractivity contribution in [2.45, 2.75) is 65.3 Å². The topological polar surface area (TPSA) is 69.9 Å². The van der Waals surface area contributed by atoms with Crippen molar-refractivity contribution in [1.29, 1.82) is 0 Å². The van der Waals surface area contributed by atoms with Crippen LogP contribution in [-0.4, -0.2) is 41.0 Å². The highest BCUT2D eigenvalue weighted by molar-refractivity contribution is 7.12. The van der Waals surface area contributed by atoms with Gasteiger partial charge in [-0.3, -0.25) is 4.79 Å². The Labute approximate surface area is 302 Å². The number of benzene rings is 4. The van der Waals surface area contributed by atoms with Gasteiger partial charge in [0.15, 0.2) is 6.61 Å². The Morgan fingerprint density at radius 1 is 0.885 bits per heavy atom. The van der Waals surface area contributed by atoms with E-state index in [1.165, 1.54) is 36.5 Å². The summed E-state index contributed by atoms with van der Waals surface area (Å²) >= 11 is 1.38. The minimum absolute atomic E-state index is 0.0685. The van der Waals surface area contributed by atoms with Crippen LogP contribution in [0.4, 0.5) is 17.6 Å². The molecule has 0 N–H and O–H groups in total. The van der Waals surface area contributed by atoms with E-state index < -0.39 is 24.9 Å². The Morgan fingerprint density at radius 3 is 2.33 bits per heavy atom. The number of ketones is 1. The van der Waals surface area contributed by atoms with Crippen molar-refractivity contribution < 1.29 is 36.7 Å². The van der Waals surface area contributed by atoms with E-state index in [2.05, 4.69) is 23.6 Å². The number of unbranched alkanes of at least 4 members (excludes halogenated alkanes) is 1. The van der Waals surface area contributed by atoms with E-state index in [0.717, 1.165) is 64.8 Å². The van der Waals surface area contributed by atoms with Gasteiger partial charge in [-0.05, 0) is 59.5 Å². The quantitative estimate of drug-likeness (QED) is 0.0347. The molecule has 2 aromatic heterocycles. The number of fused-ring (bicyclic) bond motifs is 5. The summed E-state index contributed by atoms with van der Waals surface area (Å²) in [7, 11) is 0. The Morgan fingerprint density at radius 2 is 1.63 bits per heavy atom. The predicted octanol–water partition coefficient (Wildman–Crippen LogP) is 11.1. The zero-order valence-corrected chi connectivity index (χ0v) is 29.8. The van der Waals surface area contributed by atoms with E-state index in [1.807, 2.05) is 53.9 Å². The standard InChI is InChI=1S/C41H38F4N2O4S/c1-4-6-12-26(5-2)23-47-34-19-18-27(37(46-51-25(3)48)30-15-9-10-16-35(30)50-24-41(44,45)40(42)43)21-31(34)32-22-33(39(49)36-17-11-20-52-36)28-13-7-8-14-29(28)38(32)47/h7-11,13-22,26,40H,4-6,12,23-24H2,1-3H3. The van der Waals surface area contributed by atoms with Crippen LogP contribution < -0.4 is 4.74 Å². The molecule has 6 rings (SSSR count). The van der Waals surface area contributed by atoms with Crippen LogP contribution in [0.3, 0.4) is 0 Å². The molecule has 0 fully saturated rings. The van der Waals surface area contributed by atoms with E-state index in [0.29, 0.717) is 21.9 Å². The van der Waals surface area contributed by atoms with Crippen LogP contribution in [0.2, 0.25) is 0 Å². The normalized spacial score (nSPS) is 13.0. The first-order valence-corrected chi connectivity index (χ1v) is 18.1. The summed E-state index contributed by atoms with van der Waals surface area (Å²) in [6, 6.07) is 25.1. The number of nitrogens with zero attached hydrogens (tertiary/aromatic N) is 2. The number of carbonyl (C=O) groups excluding carboxylic acids is 2. The highest BCUT2D eigenvalue weighted by Gasteiger charge is 2.42. The molecule has 1 atom stereocenters. The lowest BCUT2D eigenvalue weighted by Gasteiger charge is -2.19. The van der Waals surface area contributed by atoms with Crippen molar-refractivity contribution in [3.05, 3.63) is 112 Å². The zero-order chi connectivity index (χ0) is 37.0. The van der Waals surface area contributed by atoms with Crippen molar-refractivity contribution >= 4 is 61.4 Å². The molecule has 0 aliphatic rings. The molecule has 0 amide bonds. The summed E-state index contributed by atoms with van der Waals surface area (Å²) < 4.78 is 61.5. The second-order valence-electron chi connectivity index (χ2n) is 12.8. The highest BCUT2D eigenvalue weighted by Crippen LogP contribution is 2.39. The Kier molecular flexibility index (Phi) is 11.1. The lowest BCUT2D eigenvalue weighted by Crippen LogP contribution is -2.34. The molecule has 0 saturated heterocycles. The molecule has 0 radical (unpaired) electrons. The first kappa shape index (κ1) is 36.8. The van der Waals surface area contributed by atoms with E-state index in [4.69, 9.17) is 9.57 Å². The molecule has 52 heavy (non-hydrogen) atoms. The fraction of sp³-hybridized carbons (Fsp3) is 0.293. The number of ether oxygens (including phenoxy) is 1. The Hall–Kier alpha value is -5.03. The maximum absolute atomic E-state index is 14.0. The monoisotopic (exact) mass is 730 g/mol. The largest absolute Gasteiger partial charge is 0.486 e. The molecule has 0 saturated carbocycles. The van der Waals surface area contributed by atoms with Crippen molar-refractivity contribution in [3.63, 3.8) is 0 Å². The van der Waals surface area contributed by atoms with Gasteiger partial charge >= 0.3 is 18.3 Å². The van der Waals surface area contributed by atoms with Crippen molar-refractivity contribution in [2.75, 3.05) is 6.61 Å². The van der Waals surface area contributed by atoms with Gasteiger partial charge in [0.2, 0.25) is 5.78 Å². The second-order valence-corrected chi connectivity index (χ2v) is 13.7. The molecular formula is C41H38F4N2O4S. The number of alkyl halides is 4. The summed E-state index contributed by atoms with van der Waals surface area (Å²) in [5, 5.41) is 9.37. The van der Waals surface area contributed by atoms with Gasteiger partial charge in [-0.1, -0.05) is 86.8 Å². The Balaban J connectivity index is 1.60. The average Bonchev–Trinajstić information content (AvgIpc) is 3.79. The summed E-state index contributed by atoms with van der Waals surface area (Å²) in [4.78, 5) is 31.7. The third kappa shape index (κ3) is 7.46. The maximum atomic E-state index is 14.0. The number of aromatic nitrogens is 1. The van der Waals surface area contributed by atoms with Crippen molar-refractivity contribution in [1.82, 2.24) is 4.57 Å². The number of para-hydroxylation sites is 1. The minimum atomic E-state index is -4.39. The van der Waals surface area contributed by atoms with Gasteiger partial charge in [-0.2, -0.15) is 8.78 Å². The summed E-state index contributed by atoms with van der Waals surface area (Å²) in [5.41, 5.74) is 3.10. The summed E-state index contributed by atoms with van der Waals surface area (Å²) in [6.07, 6.45) is 0.294. The average molecular weight is 731 g/mol. The minimum Gasteiger partial charge on any atom is -0.486 e. The molecular weight excluding hydrogens is 693 g/mol. The number of hydrogen-bond donors (Lipinski definition) is 0. The highest BCUT2D eigenvalue weighted by atomic mass is 32.1. The van der Waals surface area contributed by atoms with Gasteiger partial charge in [0.25, 0.3) is 0 Å². The second kappa shape index (κ2) is 15.7. The number of oxime groups is 1.